The fourth-order valence-corrected chi connectivity index (χ4v) is 3.48. The topological polar surface area (TPSA) is 93.1 Å². The summed E-state index contributed by atoms with van der Waals surface area (Å²) in [6, 6.07) is 0. The minimum atomic E-state index is -0.799. The van der Waals surface area contributed by atoms with Crippen LogP contribution in [0.25, 0.3) is 0 Å². The summed E-state index contributed by atoms with van der Waals surface area (Å²) in [5, 5.41) is 19.2. The second-order valence-corrected chi connectivity index (χ2v) is 9.32. The second-order valence-electron chi connectivity index (χ2n) is 9.32. The zero-order chi connectivity index (χ0) is 27.4. The van der Waals surface area contributed by atoms with Crippen molar-refractivity contribution in [2.45, 2.75) is 122 Å². The Bertz CT molecular complexity index is 665. The summed E-state index contributed by atoms with van der Waals surface area (Å²) >= 11 is 0. The van der Waals surface area contributed by atoms with Crippen LogP contribution in [0.4, 0.5) is 0 Å². The van der Waals surface area contributed by atoms with Crippen molar-refractivity contribution in [1.29, 1.82) is 0 Å². The van der Waals surface area contributed by atoms with Crippen LogP contribution in [-0.2, 0) is 19.1 Å². The van der Waals surface area contributed by atoms with Gasteiger partial charge in [-0.25, -0.2) is 0 Å². The van der Waals surface area contributed by atoms with Gasteiger partial charge >= 0.3 is 11.9 Å². The molecule has 6 nitrogen and oxygen atoms in total. The van der Waals surface area contributed by atoms with Gasteiger partial charge in [0.25, 0.3) is 0 Å². The number of hydrogen-bond acceptors (Lipinski definition) is 6. The van der Waals surface area contributed by atoms with Crippen LogP contribution in [0.15, 0.2) is 48.6 Å². The summed E-state index contributed by atoms with van der Waals surface area (Å²) in [5.41, 5.74) is 0. The number of unbranched alkanes of at least 4 members (excludes halogenated alkanes) is 7. The molecule has 0 saturated heterocycles. The first-order valence-corrected chi connectivity index (χ1v) is 14.3. The molecule has 37 heavy (non-hydrogen) atoms. The highest BCUT2D eigenvalue weighted by molar-refractivity contribution is 5.70. The first kappa shape index (κ1) is 34.8. The minimum absolute atomic E-state index is 0.110. The molecule has 0 rings (SSSR count). The highest BCUT2D eigenvalue weighted by atomic mass is 16.6. The van der Waals surface area contributed by atoms with Gasteiger partial charge < -0.3 is 19.7 Å². The standard InChI is InChI=1S/C31H52O6/c1-3-5-7-15-21-25-31(35)37-29(26-32)27-36-30(34)24-20-17-14-12-10-8-9-11-13-16-19-23-28(33)22-18-6-4-2/h8-9,12-14,16,19,23,28-29,32-33H,3-7,10-11,15,17-18,20-22,24-27H2,1-2H3/b9-8-,14-12-,16-13-,23-19+/t28-,29+/m1/s1. The maximum Gasteiger partial charge on any atom is 0.306 e. The van der Waals surface area contributed by atoms with Crippen molar-refractivity contribution in [2.75, 3.05) is 13.2 Å². The Morgan fingerprint density at radius 2 is 1.41 bits per heavy atom. The van der Waals surface area contributed by atoms with E-state index in [1.54, 1.807) is 0 Å². The molecule has 0 aliphatic heterocycles. The van der Waals surface area contributed by atoms with Crippen LogP contribution in [0.1, 0.15) is 110 Å². The smallest absolute Gasteiger partial charge is 0.306 e. The van der Waals surface area contributed by atoms with Gasteiger partial charge in [0.2, 0.25) is 0 Å². The second kappa shape index (κ2) is 26.9. The molecule has 6 heteroatoms. The normalized spacial score (nSPS) is 13.7. The maximum atomic E-state index is 11.9. The summed E-state index contributed by atoms with van der Waals surface area (Å²) in [7, 11) is 0. The summed E-state index contributed by atoms with van der Waals surface area (Å²) < 4.78 is 10.3. The first-order valence-electron chi connectivity index (χ1n) is 14.3. The zero-order valence-electron chi connectivity index (χ0n) is 23.3. The van der Waals surface area contributed by atoms with Crippen LogP contribution in [0.5, 0.6) is 0 Å². The number of aliphatic hydroxyl groups is 2. The number of rotatable bonds is 24. The van der Waals surface area contributed by atoms with E-state index in [1.807, 2.05) is 18.2 Å². The SMILES string of the molecule is CCCCCCCC(=O)O[C@@H](CO)COC(=O)CCC/C=C\C/C=C\C/C=C\C=C\[C@H](O)CCCCC. The van der Waals surface area contributed by atoms with E-state index in [0.717, 1.165) is 64.2 Å². The largest absolute Gasteiger partial charge is 0.462 e. The quantitative estimate of drug-likeness (QED) is 0.0622. The van der Waals surface area contributed by atoms with Crippen LogP contribution >= 0.6 is 0 Å². The van der Waals surface area contributed by atoms with Crippen LogP contribution in [0.2, 0.25) is 0 Å². The molecule has 0 bridgehead atoms. The summed E-state index contributed by atoms with van der Waals surface area (Å²) in [6.07, 6.45) is 28.1. The lowest BCUT2D eigenvalue weighted by molar-refractivity contribution is -0.161. The molecule has 0 spiro atoms. The summed E-state index contributed by atoms with van der Waals surface area (Å²) in [4.78, 5) is 23.7. The van der Waals surface area contributed by atoms with E-state index >= 15 is 0 Å². The van der Waals surface area contributed by atoms with E-state index in [0.29, 0.717) is 12.8 Å². The van der Waals surface area contributed by atoms with Crippen molar-refractivity contribution in [2.24, 2.45) is 0 Å². The third-order valence-electron chi connectivity index (χ3n) is 5.73. The minimum Gasteiger partial charge on any atom is -0.462 e. The molecule has 0 saturated carbocycles. The molecular weight excluding hydrogens is 468 g/mol. The van der Waals surface area contributed by atoms with Crippen LogP contribution in [0, 0.1) is 0 Å². The molecule has 0 heterocycles. The Kier molecular flexibility index (Phi) is 25.3. The number of carbonyl (C=O) groups excluding carboxylic acids is 2. The van der Waals surface area contributed by atoms with Crippen molar-refractivity contribution in [1.82, 2.24) is 0 Å². The Morgan fingerprint density at radius 1 is 0.757 bits per heavy atom. The monoisotopic (exact) mass is 520 g/mol. The molecule has 0 aromatic rings. The number of ether oxygens (including phenoxy) is 2. The van der Waals surface area contributed by atoms with Gasteiger partial charge in [0.05, 0.1) is 12.7 Å². The van der Waals surface area contributed by atoms with Gasteiger partial charge in [-0.15, -0.1) is 0 Å². The highest BCUT2D eigenvalue weighted by Crippen LogP contribution is 2.08. The van der Waals surface area contributed by atoms with Crippen LogP contribution in [0.3, 0.4) is 0 Å². The molecule has 0 radical (unpaired) electrons. The van der Waals surface area contributed by atoms with Crippen LogP contribution in [-0.4, -0.2) is 47.6 Å². The average Bonchev–Trinajstić information content (AvgIpc) is 2.89. The van der Waals surface area contributed by atoms with Gasteiger partial charge in [-0.2, -0.15) is 0 Å². The number of aliphatic hydroxyl groups excluding tert-OH is 2. The van der Waals surface area contributed by atoms with Crippen molar-refractivity contribution in [3.63, 3.8) is 0 Å². The molecule has 0 unspecified atom stereocenters. The number of hydrogen-bond donors (Lipinski definition) is 2. The van der Waals surface area contributed by atoms with Crippen molar-refractivity contribution < 1.29 is 29.3 Å². The fourth-order valence-electron chi connectivity index (χ4n) is 3.48. The van der Waals surface area contributed by atoms with Crippen molar-refractivity contribution in [3.8, 4) is 0 Å². The van der Waals surface area contributed by atoms with E-state index < -0.39 is 6.10 Å². The molecule has 2 N–H and O–H groups in total. The fraction of sp³-hybridized carbons (Fsp3) is 0.677. The van der Waals surface area contributed by atoms with E-state index in [9.17, 15) is 19.8 Å². The van der Waals surface area contributed by atoms with Gasteiger partial charge in [0.1, 0.15) is 6.61 Å². The molecule has 212 valence electrons. The van der Waals surface area contributed by atoms with Crippen molar-refractivity contribution in [3.05, 3.63) is 48.6 Å². The third-order valence-corrected chi connectivity index (χ3v) is 5.73. The highest BCUT2D eigenvalue weighted by Gasteiger charge is 2.15. The molecule has 0 aromatic carbocycles. The molecule has 0 amide bonds. The van der Waals surface area contributed by atoms with Crippen LogP contribution < -0.4 is 0 Å². The van der Waals surface area contributed by atoms with E-state index in [4.69, 9.17) is 9.47 Å². The molecule has 0 aromatic heterocycles. The summed E-state index contributed by atoms with van der Waals surface area (Å²) in [6.45, 7) is 3.83. The Hall–Kier alpha value is -2.18. The van der Waals surface area contributed by atoms with Gasteiger partial charge in [-0.05, 0) is 38.5 Å². The molecule has 2 atom stereocenters. The average molecular weight is 521 g/mol. The first-order chi connectivity index (χ1) is 18.0. The predicted octanol–water partition coefficient (Wildman–Crippen LogP) is 6.91. The Morgan fingerprint density at radius 3 is 2.14 bits per heavy atom. The lowest BCUT2D eigenvalue weighted by Gasteiger charge is -2.15. The third kappa shape index (κ3) is 25.3. The van der Waals surface area contributed by atoms with Gasteiger partial charge in [-0.3, -0.25) is 9.59 Å². The van der Waals surface area contributed by atoms with Gasteiger partial charge in [0.15, 0.2) is 6.10 Å². The van der Waals surface area contributed by atoms with E-state index in [2.05, 4.69) is 44.2 Å². The zero-order valence-corrected chi connectivity index (χ0v) is 23.3. The maximum absolute atomic E-state index is 11.9. The Balaban J connectivity index is 3.80. The number of esters is 2. The molecular formula is C31H52O6. The van der Waals surface area contributed by atoms with Crippen molar-refractivity contribution >= 4 is 11.9 Å². The van der Waals surface area contributed by atoms with Gasteiger partial charge in [-0.1, -0.05) is 107 Å². The lowest BCUT2D eigenvalue weighted by atomic mass is 10.1. The number of carbonyl (C=O) groups is 2. The Labute approximate surface area is 225 Å². The lowest BCUT2D eigenvalue weighted by Crippen LogP contribution is -2.28. The van der Waals surface area contributed by atoms with Gasteiger partial charge in [0, 0.05) is 12.8 Å². The predicted molar refractivity (Wildman–Crippen MR) is 151 cm³/mol. The number of allylic oxidation sites excluding steroid dienone is 7. The summed E-state index contributed by atoms with van der Waals surface area (Å²) in [5.74, 6) is -0.705. The molecule has 0 aliphatic carbocycles. The van der Waals surface area contributed by atoms with E-state index in [1.165, 1.54) is 12.8 Å². The molecule has 0 fully saturated rings. The van der Waals surface area contributed by atoms with E-state index in [-0.39, 0.29) is 37.7 Å². The molecule has 0 aliphatic rings.